The van der Waals surface area contributed by atoms with E-state index in [4.69, 9.17) is 0 Å². The molecule has 6 aromatic carbocycles. The first-order chi connectivity index (χ1) is 20.4. The summed E-state index contributed by atoms with van der Waals surface area (Å²) in [6.07, 6.45) is 6.35. The summed E-state index contributed by atoms with van der Waals surface area (Å²) < 4.78 is 0. The molecule has 0 heterocycles. The van der Waals surface area contributed by atoms with Crippen LogP contribution < -0.4 is 0 Å². The van der Waals surface area contributed by atoms with E-state index in [0.29, 0.717) is 11.8 Å². The smallest absolute Gasteiger partial charge is 0.358 e. The van der Waals surface area contributed by atoms with E-state index in [9.17, 15) is 0 Å². The summed E-state index contributed by atoms with van der Waals surface area (Å²) in [4.78, 5) is 0. The molecular weight excluding hydrogens is 707 g/mol. The van der Waals surface area contributed by atoms with Crippen molar-refractivity contribution in [1.82, 2.24) is 0 Å². The average Bonchev–Trinajstić information content (AvgIpc) is 3.67. The first kappa shape index (κ1) is 34.8. The molecule has 0 atom stereocenters. The molecule has 6 aromatic rings. The van der Waals surface area contributed by atoms with Crippen LogP contribution in [0.4, 0.5) is 0 Å². The first-order valence-corrected chi connectivity index (χ1v) is 16.0. The maximum absolute atomic E-state index is 2.54. The van der Waals surface area contributed by atoms with Crippen molar-refractivity contribution >= 4 is 21.5 Å². The van der Waals surface area contributed by atoms with Crippen LogP contribution >= 0.6 is 0 Å². The molecular formula is C44H48Hf. The SMILES string of the molecule is CC(C)c1ccc(-c2cccc3[cH-]c(C4(c5cc6c(-c7ccc(C(C)C)cc7)cccc6[cH-]5)CCCCC4)cc23)cc1.[CH3-].[CH3-].[Hf+4]. The van der Waals surface area contributed by atoms with Crippen molar-refractivity contribution < 1.29 is 25.8 Å². The molecule has 0 amide bonds. The van der Waals surface area contributed by atoms with Crippen molar-refractivity contribution in [3.8, 4) is 22.3 Å². The van der Waals surface area contributed by atoms with Crippen LogP contribution in [0.25, 0.3) is 43.8 Å². The molecule has 1 heteroatoms. The van der Waals surface area contributed by atoms with Gasteiger partial charge in [0.05, 0.1) is 0 Å². The maximum Gasteiger partial charge on any atom is 4.00 e. The molecule has 7 rings (SSSR count). The van der Waals surface area contributed by atoms with Gasteiger partial charge in [0.2, 0.25) is 0 Å². The van der Waals surface area contributed by atoms with Crippen molar-refractivity contribution in [3.63, 3.8) is 0 Å². The number of rotatable bonds is 6. The van der Waals surface area contributed by atoms with Crippen molar-refractivity contribution in [2.24, 2.45) is 0 Å². The number of benzene rings is 4. The van der Waals surface area contributed by atoms with E-state index in [-0.39, 0.29) is 46.1 Å². The van der Waals surface area contributed by atoms with E-state index in [2.05, 4.69) is 137 Å². The molecule has 1 fully saturated rings. The summed E-state index contributed by atoms with van der Waals surface area (Å²) in [5.74, 6) is 1.10. The Morgan fingerprint density at radius 1 is 0.533 bits per heavy atom. The van der Waals surface area contributed by atoms with E-state index in [1.165, 1.54) is 98.2 Å². The number of hydrogen-bond acceptors (Lipinski definition) is 0. The Morgan fingerprint density at radius 3 is 1.31 bits per heavy atom. The zero-order valence-electron chi connectivity index (χ0n) is 28.1. The summed E-state index contributed by atoms with van der Waals surface area (Å²) in [7, 11) is 0. The van der Waals surface area contributed by atoms with Gasteiger partial charge < -0.3 is 14.9 Å². The van der Waals surface area contributed by atoms with Crippen molar-refractivity contribution in [2.45, 2.75) is 77.0 Å². The third-order valence-corrected chi connectivity index (χ3v) is 10.1. The van der Waals surface area contributed by atoms with Crippen LogP contribution in [0.3, 0.4) is 0 Å². The van der Waals surface area contributed by atoms with Crippen LogP contribution in [-0.4, -0.2) is 0 Å². The second-order valence-electron chi connectivity index (χ2n) is 13.3. The molecule has 0 N–H and O–H groups in total. The summed E-state index contributed by atoms with van der Waals surface area (Å²) in [5, 5.41) is 5.50. The molecule has 0 saturated heterocycles. The van der Waals surface area contributed by atoms with E-state index < -0.39 is 0 Å². The molecule has 0 bridgehead atoms. The van der Waals surface area contributed by atoms with E-state index >= 15 is 0 Å². The van der Waals surface area contributed by atoms with E-state index in [1.54, 1.807) is 0 Å². The van der Waals surface area contributed by atoms with Crippen molar-refractivity contribution in [1.29, 1.82) is 0 Å². The monoisotopic (exact) mass is 756 g/mol. The molecule has 0 aliphatic heterocycles. The van der Waals surface area contributed by atoms with Gasteiger partial charge in [-0.2, -0.15) is 12.1 Å². The Bertz CT molecular complexity index is 1700. The molecule has 0 radical (unpaired) electrons. The summed E-state index contributed by atoms with van der Waals surface area (Å²) >= 11 is 0. The van der Waals surface area contributed by atoms with Crippen LogP contribution in [0.1, 0.15) is 93.9 Å². The van der Waals surface area contributed by atoms with Gasteiger partial charge in [-0.15, -0.1) is 69.1 Å². The topological polar surface area (TPSA) is 0 Å². The Morgan fingerprint density at radius 2 is 0.933 bits per heavy atom. The zero-order valence-corrected chi connectivity index (χ0v) is 31.7. The second-order valence-corrected chi connectivity index (χ2v) is 13.3. The first-order valence-electron chi connectivity index (χ1n) is 16.0. The molecule has 0 spiro atoms. The summed E-state index contributed by atoms with van der Waals surface area (Å²) in [6.45, 7) is 9.06. The van der Waals surface area contributed by atoms with Gasteiger partial charge in [-0.3, -0.25) is 0 Å². The molecule has 45 heavy (non-hydrogen) atoms. The summed E-state index contributed by atoms with van der Waals surface area (Å²) in [6, 6.07) is 42.2. The molecule has 0 unspecified atom stereocenters. The van der Waals surface area contributed by atoms with Gasteiger partial charge in [-0.1, -0.05) is 119 Å². The van der Waals surface area contributed by atoms with Crippen LogP contribution in [0, 0.1) is 14.9 Å². The molecule has 1 saturated carbocycles. The Hall–Kier alpha value is -3.03. The maximum atomic E-state index is 2.54. The predicted molar refractivity (Wildman–Crippen MR) is 195 cm³/mol. The van der Waals surface area contributed by atoms with E-state index in [0.717, 1.165) is 0 Å². The van der Waals surface area contributed by atoms with Gasteiger partial charge in [0.1, 0.15) is 0 Å². The Labute approximate surface area is 291 Å². The van der Waals surface area contributed by atoms with Crippen LogP contribution in [0.2, 0.25) is 0 Å². The van der Waals surface area contributed by atoms with E-state index in [1.807, 2.05) is 0 Å². The number of fused-ring (bicyclic) bond motifs is 2. The van der Waals surface area contributed by atoms with Gasteiger partial charge in [-0.25, -0.2) is 0 Å². The minimum absolute atomic E-state index is 0. The largest absolute Gasteiger partial charge is 4.00 e. The molecule has 1 aliphatic carbocycles. The van der Waals surface area contributed by atoms with Crippen molar-refractivity contribution in [3.05, 3.63) is 146 Å². The predicted octanol–water partition coefficient (Wildman–Crippen LogP) is 13.2. The minimum Gasteiger partial charge on any atom is -0.358 e. The summed E-state index contributed by atoms with van der Waals surface area (Å²) in [5.41, 5.74) is 11.2. The van der Waals surface area contributed by atoms with Crippen LogP contribution in [-0.2, 0) is 31.3 Å². The fourth-order valence-electron chi connectivity index (χ4n) is 7.52. The van der Waals surface area contributed by atoms with Gasteiger partial charge in [0, 0.05) is 0 Å². The Balaban J connectivity index is 0.00000154. The molecule has 0 nitrogen and oxygen atoms in total. The molecule has 0 aromatic heterocycles. The number of hydrogen-bond donors (Lipinski definition) is 0. The van der Waals surface area contributed by atoms with Crippen molar-refractivity contribution in [2.75, 3.05) is 0 Å². The fraction of sp³-hybridized carbons (Fsp3) is 0.273. The second kappa shape index (κ2) is 14.2. The zero-order chi connectivity index (χ0) is 28.8. The fourth-order valence-corrected chi connectivity index (χ4v) is 7.52. The van der Waals surface area contributed by atoms with Gasteiger partial charge >= 0.3 is 25.8 Å². The standard InChI is InChI=1S/C42H42.2CH3.Hf/c1-28(2)30-14-18-32(19-15-30)38-12-8-10-34-24-36(26-40(34)38)42(22-6-5-7-23-42)37-25-35-11-9-13-39(41(35)27-37)33-20-16-31(17-21-33)29(3)4;;;/h8-21,24-29H,5-7,22-23H2,1-4H3;2*1H3;/q-2;2*-1;+4. The van der Waals surface area contributed by atoms with Crippen LogP contribution in [0.15, 0.2) is 109 Å². The average molecular weight is 755 g/mol. The molecule has 1 aliphatic rings. The third-order valence-electron chi connectivity index (χ3n) is 10.1. The van der Waals surface area contributed by atoms with Gasteiger partial charge in [-0.05, 0) is 52.3 Å². The van der Waals surface area contributed by atoms with Gasteiger partial charge in [0.25, 0.3) is 0 Å². The van der Waals surface area contributed by atoms with Crippen LogP contribution in [0.5, 0.6) is 0 Å². The molecule has 228 valence electrons. The normalized spacial score (nSPS) is 14.3. The van der Waals surface area contributed by atoms with Gasteiger partial charge in [0.15, 0.2) is 0 Å². The Kier molecular flexibility index (Phi) is 11.0. The third kappa shape index (κ3) is 6.35. The quantitative estimate of drug-likeness (QED) is 0.117. The minimum atomic E-state index is 0.